The van der Waals surface area contributed by atoms with Crippen LogP contribution in [0.15, 0.2) is 24.3 Å². The number of hydrogen-bond acceptors (Lipinski definition) is 2. The molecule has 0 bridgehead atoms. The summed E-state index contributed by atoms with van der Waals surface area (Å²) in [5.41, 5.74) is 0.440. The van der Waals surface area contributed by atoms with Crippen LogP contribution in [0.3, 0.4) is 0 Å². The molecule has 1 heterocycles. The summed E-state index contributed by atoms with van der Waals surface area (Å²) in [7, 11) is 0. The Morgan fingerprint density at radius 3 is 2.88 bits per heavy atom. The van der Waals surface area contributed by atoms with Gasteiger partial charge in [0.1, 0.15) is 6.04 Å². The second-order valence-electron chi connectivity index (χ2n) is 3.95. The molecule has 4 nitrogen and oxygen atoms in total. The fraction of sp³-hybridized carbons (Fsp3) is 0.333. The van der Waals surface area contributed by atoms with E-state index in [1.807, 2.05) is 0 Å². The van der Waals surface area contributed by atoms with Crippen molar-refractivity contribution in [2.75, 3.05) is 13.1 Å². The number of nitrogens with zero attached hydrogens (tertiary/aromatic N) is 1. The number of benzene rings is 1. The Labute approximate surface area is 105 Å². The maximum atomic E-state index is 12.2. The molecule has 1 aliphatic rings. The van der Waals surface area contributed by atoms with E-state index in [2.05, 4.69) is 5.32 Å². The van der Waals surface area contributed by atoms with Crippen LogP contribution in [0.2, 0.25) is 5.02 Å². The zero-order valence-electron chi connectivity index (χ0n) is 9.44. The molecule has 17 heavy (non-hydrogen) atoms. The first-order chi connectivity index (χ1) is 8.11. The molecule has 0 radical (unpaired) electrons. The zero-order valence-corrected chi connectivity index (χ0v) is 10.2. The van der Waals surface area contributed by atoms with Crippen LogP contribution in [-0.2, 0) is 4.79 Å². The highest BCUT2D eigenvalue weighted by atomic mass is 35.5. The Morgan fingerprint density at radius 2 is 2.18 bits per heavy atom. The lowest BCUT2D eigenvalue weighted by Crippen LogP contribution is -2.55. The Kier molecular flexibility index (Phi) is 3.33. The summed E-state index contributed by atoms with van der Waals surface area (Å²) < 4.78 is 0. The summed E-state index contributed by atoms with van der Waals surface area (Å²) >= 11 is 5.97. The molecule has 0 saturated carbocycles. The van der Waals surface area contributed by atoms with Gasteiger partial charge in [-0.25, -0.2) is 0 Å². The lowest BCUT2D eigenvalue weighted by molar-refractivity contribution is -0.127. The normalized spacial score (nSPS) is 20.0. The minimum Gasteiger partial charge on any atom is -0.353 e. The van der Waals surface area contributed by atoms with Crippen LogP contribution in [0.1, 0.15) is 17.3 Å². The molecule has 0 unspecified atom stereocenters. The van der Waals surface area contributed by atoms with Crippen molar-refractivity contribution in [2.45, 2.75) is 13.0 Å². The maximum absolute atomic E-state index is 12.2. The minimum absolute atomic E-state index is 0.128. The molecule has 1 aromatic rings. The van der Waals surface area contributed by atoms with Crippen molar-refractivity contribution in [2.24, 2.45) is 0 Å². The van der Waals surface area contributed by atoms with Gasteiger partial charge in [-0.1, -0.05) is 23.7 Å². The predicted molar refractivity (Wildman–Crippen MR) is 65.0 cm³/mol. The van der Waals surface area contributed by atoms with Gasteiger partial charge in [0.25, 0.3) is 5.91 Å². The van der Waals surface area contributed by atoms with Gasteiger partial charge in [-0.3, -0.25) is 9.59 Å². The SMILES string of the molecule is C[C@H]1C(=O)NCCN1C(=O)c1ccccc1Cl. The van der Waals surface area contributed by atoms with Gasteiger partial charge in [0.2, 0.25) is 5.91 Å². The van der Waals surface area contributed by atoms with E-state index in [9.17, 15) is 9.59 Å². The molecular formula is C12H13ClN2O2. The van der Waals surface area contributed by atoms with Gasteiger partial charge in [-0.2, -0.15) is 0 Å². The Balaban J connectivity index is 2.26. The highest BCUT2D eigenvalue weighted by Gasteiger charge is 2.30. The van der Waals surface area contributed by atoms with E-state index < -0.39 is 6.04 Å². The Bertz CT molecular complexity index is 462. The molecule has 1 N–H and O–H groups in total. The third-order valence-electron chi connectivity index (χ3n) is 2.86. The molecule has 2 rings (SSSR count). The number of nitrogens with one attached hydrogen (secondary N) is 1. The van der Waals surface area contributed by atoms with Crippen LogP contribution >= 0.6 is 11.6 Å². The van der Waals surface area contributed by atoms with Gasteiger partial charge in [0.15, 0.2) is 0 Å². The fourth-order valence-electron chi connectivity index (χ4n) is 1.85. The van der Waals surface area contributed by atoms with Crippen LogP contribution in [0, 0.1) is 0 Å². The summed E-state index contributed by atoms with van der Waals surface area (Å²) in [5.74, 6) is -0.324. The predicted octanol–water partition coefficient (Wildman–Crippen LogP) is 1.30. The lowest BCUT2D eigenvalue weighted by atomic mass is 10.1. The van der Waals surface area contributed by atoms with Crippen LogP contribution in [0.5, 0.6) is 0 Å². The van der Waals surface area contributed by atoms with Crippen molar-refractivity contribution in [1.82, 2.24) is 10.2 Å². The van der Waals surface area contributed by atoms with Gasteiger partial charge in [-0.05, 0) is 19.1 Å². The van der Waals surface area contributed by atoms with Crippen LogP contribution < -0.4 is 5.32 Å². The first-order valence-electron chi connectivity index (χ1n) is 5.44. The monoisotopic (exact) mass is 252 g/mol. The number of halogens is 1. The molecule has 1 saturated heterocycles. The van der Waals surface area contributed by atoms with E-state index >= 15 is 0 Å². The summed E-state index contributed by atoms with van der Waals surface area (Å²) in [5, 5.41) is 3.13. The van der Waals surface area contributed by atoms with Crippen molar-refractivity contribution in [3.8, 4) is 0 Å². The average molecular weight is 253 g/mol. The van der Waals surface area contributed by atoms with E-state index in [1.54, 1.807) is 36.1 Å². The molecule has 0 aliphatic carbocycles. The highest BCUT2D eigenvalue weighted by molar-refractivity contribution is 6.33. The second-order valence-corrected chi connectivity index (χ2v) is 4.35. The van der Waals surface area contributed by atoms with Gasteiger partial charge in [0, 0.05) is 13.1 Å². The summed E-state index contributed by atoms with van der Waals surface area (Å²) in [6, 6.07) is 6.42. The third-order valence-corrected chi connectivity index (χ3v) is 3.19. The average Bonchev–Trinajstić information content (AvgIpc) is 2.32. The van der Waals surface area contributed by atoms with E-state index in [4.69, 9.17) is 11.6 Å². The Morgan fingerprint density at radius 1 is 1.47 bits per heavy atom. The van der Waals surface area contributed by atoms with Gasteiger partial charge in [0.05, 0.1) is 10.6 Å². The van der Waals surface area contributed by atoms with E-state index in [-0.39, 0.29) is 11.8 Å². The topological polar surface area (TPSA) is 49.4 Å². The molecule has 1 aromatic carbocycles. The first kappa shape index (κ1) is 11.9. The molecule has 90 valence electrons. The standard InChI is InChI=1S/C12H13ClN2O2/c1-8-11(16)14-6-7-15(8)12(17)9-4-2-3-5-10(9)13/h2-5,8H,6-7H2,1H3,(H,14,16)/t8-/m0/s1. The van der Waals surface area contributed by atoms with E-state index in [1.165, 1.54) is 0 Å². The highest BCUT2D eigenvalue weighted by Crippen LogP contribution is 2.19. The summed E-state index contributed by atoms with van der Waals surface area (Å²) in [6.07, 6.45) is 0. The minimum atomic E-state index is -0.451. The molecule has 1 atom stereocenters. The van der Waals surface area contributed by atoms with Crippen LogP contribution in [0.25, 0.3) is 0 Å². The molecule has 0 spiro atoms. The zero-order chi connectivity index (χ0) is 12.4. The van der Waals surface area contributed by atoms with Crippen molar-refractivity contribution in [3.63, 3.8) is 0 Å². The van der Waals surface area contributed by atoms with Gasteiger partial charge >= 0.3 is 0 Å². The largest absolute Gasteiger partial charge is 0.353 e. The molecule has 5 heteroatoms. The number of piperazine rings is 1. The van der Waals surface area contributed by atoms with Crippen molar-refractivity contribution < 1.29 is 9.59 Å². The Hall–Kier alpha value is -1.55. The smallest absolute Gasteiger partial charge is 0.256 e. The number of rotatable bonds is 1. The van der Waals surface area contributed by atoms with Crippen molar-refractivity contribution in [1.29, 1.82) is 0 Å². The fourth-order valence-corrected chi connectivity index (χ4v) is 2.07. The second kappa shape index (κ2) is 4.75. The van der Waals surface area contributed by atoms with Gasteiger partial charge in [-0.15, -0.1) is 0 Å². The molecular weight excluding hydrogens is 240 g/mol. The van der Waals surface area contributed by atoms with E-state index in [0.717, 1.165) is 0 Å². The number of carbonyl (C=O) groups is 2. The molecule has 1 aliphatic heterocycles. The number of amides is 2. The van der Waals surface area contributed by atoms with Crippen LogP contribution in [-0.4, -0.2) is 35.8 Å². The quantitative estimate of drug-likeness (QED) is 0.819. The first-order valence-corrected chi connectivity index (χ1v) is 5.82. The number of carbonyl (C=O) groups excluding carboxylic acids is 2. The van der Waals surface area contributed by atoms with E-state index in [0.29, 0.717) is 23.7 Å². The third kappa shape index (κ3) is 2.26. The van der Waals surface area contributed by atoms with Crippen LogP contribution in [0.4, 0.5) is 0 Å². The number of hydrogen-bond donors (Lipinski definition) is 1. The molecule has 0 aromatic heterocycles. The lowest BCUT2D eigenvalue weighted by Gasteiger charge is -2.33. The molecule has 2 amide bonds. The summed E-state index contributed by atoms with van der Waals surface area (Å²) in [6.45, 7) is 2.71. The summed E-state index contributed by atoms with van der Waals surface area (Å²) in [4.78, 5) is 25.3. The van der Waals surface area contributed by atoms with Crippen molar-refractivity contribution in [3.05, 3.63) is 34.9 Å². The molecule has 1 fully saturated rings. The van der Waals surface area contributed by atoms with Crippen molar-refractivity contribution >= 4 is 23.4 Å². The van der Waals surface area contributed by atoms with Gasteiger partial charge < -0.3 is 10.2 Å². The maximum Gasteiger partial charge on any atom is 0.256 e.